The van der Waals surface area contributed by atoms with Gasteiger partial charge in [0.25, 0.3) is 11.1 Å². The zero-order valence-electron chi connectivity index (χ0n) is 33.2. The predicted molar refractivity (Wildman–Crippen MR) is 227 cm³/mol. The van der Waals surface area contributed by atoms with Gasteiger partial charge in [-0.15, -0.1) is 23.2 Å². The minimum atomic E-state index is -0.879. The van der Waals surface area contributed by atoms with Crippen molar-refractivity contribution < 1.29 is 118 Å². The van der Waals surface area contributed by atoms with E-state index in [4.69, 9.17) is 45.6 Å². The molecule has 0 aliphatic heterocycles. The van der Waals surface area contributed by atoms with Gasteiger partial charge in [0.1, 0.15) is 0 Å². The summed E-state index contributed by atoms with van der Waals surface area (Å²) >= 11 is 14.7. The van der Waals surface area contributed by atoms with Crippen molar-refractivity contribution in [1.29, 1.82) is 0 Å². The monoisotopic (exact) mass is 1040 g/mol. The SMILES string of the molecule is CC.CC.ClCCl.NCc1ccccc1.O=C(Cl)c1ccccc1.O=C(NCc1ccccc1)c1ccccc1.O=C(O)c1ccccc1.[CH3-].[CH3-].[CH3-].[Y].[Y].[Y]. The molecule has 0 saturated carbocycles. The van der Waals surface area contributed by atoms with E-state index in [1.807, 2.05) is 113 Å². The molecule has 5 aromatic carbocycles. The quantitative estimate of drug-likeness (QED) is 0.0892. The summed E-state index contributed by atoms with van der Waals surface area (Å²) in [6.07, 6.45) is 0. The Kier molecular flexibility index (Phi) is 68.8. The third-order valence-electron chi connectivity index (χ3n) is 5.43. The Morgan fingerprint density at radius 3 is 1.04 bits per heavy atom. The molecule has 4 N–H and O–H groups in total. The van der Waals surface area contributed by atoms with Crippen LogP contribution in [0.3, 0.4) is 0 Å². The molecule has 0 atom stereocenters. The van der Waals surface area contributed by atoms with Gasteiger partial charge < -0.3 is 38.4 Å². The molecule has 6 nitrogen and oxygen atoms in total. The molecule has 5 rings (SSSR count). The van der Waals surface area contributed by atoms with Gasteiger partial charge in [-0.2, -0.15) is 0 Å². The van der Waals surface area contributed by atoms with Crippen LogP contribution < -0.4 is 11.1 Å². The van der Waals surface area contributed by atoms with Crippen LogP contribution in [0.5, 0.6) is 0 Å². The van der Waals surface area contributed by atoms with Crippen molar-refractivity contribution in [2.45, 2.75) is 40.8 Å². The number of nitrogens with one attached hydrogen (secondary N) is 1. The first kappa shape index (κ1) is 71.5. The maximum atomic E-state index is 11.7. The van der Waals surface area contributed by atoms with Gasteiger partial charge in [0.15, 0.2) is 0 Å². The summed E-state index contributed by atoms with van der Waals surface area (Å²) in [5.41, 5.74) is 9.21. The molecule has 0 bridgehead atoms. The molecule has 0 aromatic heterocycles. The maximum Gasteiger partial charge on any atom is 0.335 e. The molecule has 3 radical (unpaired) electrons. The summed E-state index contributed by atoms with van der Waals surface area (Å²) in [4.78, 5) is 32.3. The molecule has 0 saturated heterocycles. The summed E-state index contributed by atoms with van der Waals surface area (Å²) < 4.78 is 0. The van der Waals surface area contributed by atoms with Crippen LogP contribution in [-0.2, 0) is 111 Å². The molecule has 0 heterocycles. The number of alkyl halides is 2. The van der Waals surface area contributed by atoms with Crippen LogP contribution in [0.25, 0.3) is 0 Å². The predicted octanol–water partition coefficient (Wildman–Crippen LogP) is 12.0. The van der Waals surface area contributed by atoms with E-state index in [0.717, 1.165) is 5.56 Å². The second-order valence-corrected chi connectivity index (χ2v) is 9.79. The molecular weight excluding hydrogens is 982 g/mol. The van der Waals surface area contributed by atoms with Crippen molar-refractivity contribution in [2.75, 3.05) is 5.34 Å². The van der Waals surface area contributed by atoms with Crippen LogP contribution in [0.1, 0.15) is 69.9 Å². The molecule has 0 spiro atoms. The molecule has 0 aliphatic carbocycles. The van der Waals surface area contributed by atoms with Crippen LogP contribution in [0.15, 0.2) is 152 Å². The van der Waals surface area contributed by atoms with Crippen LogP contribution in [0.4, 0.5) is 0 Å². The number of nitrogens with two attached hydrogens (primary N) is 1. The van der Waals surface area contributed by atoms with Gasteiger partial charge in [0, 0.05) is 122 Å². The van der Waals surface area contributed by atoms with E-state index in [0.29, 0.717) is 29.8 Å². The smallest absolute Gasteiger partial charge is 0.335 e. The minimum absolute atomic E-state index is 0. The molecular formula is C43H56Cl3N2O4Y3-3. The fourth-order valence-corrected chi connectivity index (χ4v) is 3.36. The average Bonchev–Trinajstić information content (AvgIpc) is 3.18. The molecule has 295 valence electrons. The van der Waals surface area contributed by atoms with E-state index in [2.05, 4.69) is 5.32 Å². The number of rotatable bonds is 6. The van der Waals surface area contributed by atoms with Crippen molar-refractivity contribution in [3.05, 3.63) is 202 Å². The van der Waals surface area contributed by atoms with Gasteiger partial charge in [0.05, 0.1) is 10.9 Å². The van der Waals surface area contributed by atoms with Crippen LogP contribution in [0.2, 0.25) is 0 Å². The second-order valence-electron chi connectivity index (χ2n) is 8.64. The molecule has 0 aliphatic rings. The summed E-state index contributed by atoms with van der Waals surface area (Å²) in [6, 6.07) is 46.1. The van der Waals surface area contributed by atoms with Gasteiger partial charge in [-0.1, -0.05) is 155 Å². The van der Waals surface area contributed by atoms with Crippen molar-refractivity contribution in [3.8, 4) is 0 Å². The summed E-state index contributed by atoms with van der Waals surface area (Å²) in [7, 11) is 0. The standard InChI is InChI=1S/C14H13NO.C7H5ClO.C7H9N.C7H6O2.2C2H6.CH2Cl2.3CH3.3Y/c16-14(13-9-5-2-6-10-13)15-11-12-7-3-1-4-8-12;8-7(9)6-4-2-1-3-5-6;8-6-7-4-2-1-3-5-7;8-7(9)6-4-2-1-3-5-6;2*1-2;2-1-3;;;;;;/h1-10H,11H2,(H,15,16);1-5H;1-5H,6,8H2;1-5H,(H,8,9);2*1-2H3;1H2;3*1H3;;;/q;;;;;;;3*-1;;;. The Balaban J connectivity index is -0.0000000841. The van der Waals surface area contributed by atoms with Crippen LogP contribution in [-0.4, -0.2) is 27.6 Å². The normalized spacial score (nSPS) is 7.64. The fourth-order valence-electron chi connectivity index (χ4n) is 3.23. The molecule has 0 fully saturated rings. The summed E-state index contributed by atoms with van der Waals surface area (Å²) in [6.45, 7) is 9.20. The Bertz CT molecular complexity index is 1450. The van der Waals surface area contributed by atoms with Crippen molar-refractivity contribution >= 4 is 51.9 Å². The van der Waals surface area contributed by atoms with E-state index in [1.165, 1.54) is 5.56 Å². The third-order valence-corrected chi connectivity index (χ3v) is 5.65. The number of aromatic carboxylic acids is 1. The number of benzene rings is 5. The van der Waals surface area contributed by atoms with Gasteiger partial charge in [-0.25, -0.2) is 4.79 Å². The van der Waals surface area contributed by atoms with Crippen molar-refractivity contribution in [3.63, 3.8) is 0 Å². The van der Waals surface area contributed by atoms with Gasteiger partial charge in [-0.05, 0) is 47.0 Å². The van der Waals surface area contributed by atoms with Crippen LogP contribution in [0, 0.1) is 22.3 Å². The number of hydrogen-bond donors (Lipinski definition) is 3. The number of hydrogen-bond acceptors (Lipinski definition) is 4. The first-order valence-corrected chi connectivity index (χ1v) is 17.0. The average molecular weight is 1040 g/mol. The number of amides is 1. The molecule has 12 heteroatoms. The third kappa shape index (κ3) is 40.8. The first-order chi connectivity index (χ1) is 23.8. The molecule has 5 aromatic rings. The van der Waals surface area contributed by atoms with E-state index in [9.17, 15) is 14.4 Å². The Hall–Kier alpha value is -1.15. The number of carbonyl (C=O) groups excluding carboxylic acids is 2. The molecule has 0 unspecified atom stereocenters. The Labute approximate surface area is 423 Å². The Morgan fingerprint density at radius 2 is 0.800 bits per heavy atom. The van der Waals surface area contributed by atoms with Gasteiger partial charge >= 0.3 is 5.97 Å². The first-order valence-electron chi connectivity index (χ1n) is 15.6. The molecule has 55 heavy (non-hydrogen) atoms. The topological polar surface area (TPSA) is 109 Å². The van der Waals surface area contributed by atoms with Crippen molar-refractivity contribution in [2.24, 2.45) is 5.73 Å². The zero-order valence-corrected chi connectivity index (χ0v) is 44.0. The fraction of sp³-hybridized carbons (Fsp3) is 0.163. The van der Waals surface area contributed by atoms with E-state index in [1.54, 1.807) is 66.7 Å². The largest absolute Gasteiger partial charge is 0.478 e. The summed E-state index contributed by atoms with van der Waals surface area (Å²) in [5.74, 6) is -0.917. The maximum absolute atomic E-state index is 11.7. The number of carboxylic acids is 1. The second kappa shape index (κ2) is 52.9. The Morgan fingerprint density at radius 1 is 0.527 bits per heavy atom. The van der Waals surface area contributed by atoms with E-state index < -0.39 is 11.2 Å². The van der Waals surface area contributed by atoms with Crippen LogP contribution >= 0.6 is 34.8 Å². The van der Waals surface area contributed by atoms with Gasteiger partial charge in [-0.3, -0.25) is 9.59 Å². The number of carboxylic acid groups (broad SMARTS) is 1. The van der Waals surface area contributed by atoms with Crippen molar-refractivity contribution in [1.82, 2.24) is 5.32 Å². The van der Waals surface area contributed by atoms with Gasteiger partial charge in [0.2, 0.25) is 0 Å². The van der Waals surface area contributed by atoms with E-state index in [-0.39, 0.29) is 132 Å². The van der Waals surface area contributed by atoms with E-state index >= 15 is 0 Å². The molecule has 1 amide bonds. The number of halogens is 3. The summed E-state index contributed by atoms with van der Waals surface area (Å²) in [5, 5.41) is 11.0. The minimum Gasteiger partial charge on any atom is -0.478 e. The zero-order chi connectivity index (χ0) is 37.1. The number of carbonyl (C=O) groups is 3.